The van der Waals surface area contributed by atoms with Crippen molar-refractivity contribution in [1.82, 2.24) is 0 Å². The molecule has 112 valence electrons. The lowest BCUT2D eigenvalue weighted by molar-refractivity contribution is -0.174. The molecule has 0 N–H and O–H groups in total. The number of ether oxygens (including phenoxy) is 2. The van der Waals surface area contributed by atoms with Gasteiger partial charge < -0.3 is 9.47 Å². The van der Waals surface area contributed by atoms with Crippen molar-refractivity contribution in [3.63, 3.8) is 0 Å². The molecular weight excluding hydrogens is 355 g/mol. The summed E-state index contributed by atoms with van der Waals surface area (Å²) in [6.45, 7) is 12.8. The van der Waals surface area contributed by atoms with Crippen molar-refractivity contribution in [2.45, 2.75) is 70.3 Å². The molecule has 4 heteroatoms. The maximum absolute atomic E-state index is 11.9. The number of carbonyl (C=O) groups is 1. The van der Waals surface area contributed by atoms with Crippen molar-refractivity contribution < 1.29 is 14.3 Å². The average molecular weight is 382 g/mol. The first-order chi connectivity index (χ1) is 8.53. The monoisotopic (exact) mass is 382 g/mol. The van der Waals surface area contributed by atoms with Gasteiger partial charge in [-0.1, -0.05) is 57.2 Å². The minimum absolute atomic E-state index is 0.0644. The molecule has 0 heterocycles. The van der Waals surface area contributed by atoms with E-state index in [0.717, 1.165) is 19.3 Å². The maximum atomic E-state index is 11.9. The number of alkyl halides is 1. The molecule has 0 aliphatic heterocycles. The lowest BCUT2D eigenvalue weighted by Crippen LogP contribution is -2.38. The van der Waals surface area contributed by atoms with Gasteiger partial charge in [0.1, 0.15) is 3.42 Å². The molecule has 0 saturated heterocycles. The van der Waals surface area contributed by atoms with Crippen LogP contribution in [0.3, 0.4) is 0 Å². The van der Waals surface area contributed by atoms with E-state index in [9.17, 15) is 4.79 Å². The minimum atomic E-state index is -0.457. The first-order valence-corrected chi connectivity index (χ1v) is 8.08. The molecule has 0 aromatic carbocycles. The van der Waals surface area contributed by atoms with Crippen LogP contribution in [0.15, 0.2) is 0 Å². The highest BCUT2D eigenvalue weighted by molar-refractivity contribution is 14.1. The van der Waals surface area contributed by atoms with Gasteiger partial charge in [-0.25, -0.2) is 0 Å². The van der Waals surface area contributed by atoms with Gasteiger partial charge in [0, 0.05) is 0 Å². The topological polar surface area (TPSA) is 35.5 Å². The second kappa shape index (κ2) is 5.88. The summed E-state index contributed by atoms with van der Waals surface area (Å²) in [5.41, 5.74) is 0.294. The largest absolute Gasteiger partial charge is 0.437 e. The van der Waals surface area contributed by atoms with Gasteiger partial charge in [-0.15, -0.1) is 0 Å². The van der Waals surface area contributed by atoms with Crippen molar-refractivity contribution in [2.24, 2.45) is 10.8 Å². The first-order valence-electron chi connectivity index (χ1n) is 7.01. The third-order valence-electron chi connectivity index (χ3n) is 4.35. The van der Waals surface area contributed by atoms with E-state index >= 15 is 0 Å². The van der Waals surface area contributed by atoms with E-state index in [2.05, 4.69) is 50.3 Å². The van der Waals surface area contributed by atoms with Crippen LogP contribution in [-0.4, -0.2) is 22.3 Å². The standard InChI is InChI=1S/C15H27IO3/c1-7-15(6,16)12(17)19-10-18-11-13(2,3)8-9-14(11,4)5/h11H,7-10H2,1-6H3. The predicted octanol–water partition coefficient (Wildman–Crippen LogP) is 4.32. The molecule has 1 unspecified atom stereocenters. The van der Waals surface area contributed by atoms with Crippen molar-refractivity contribution in [3.8, 4) is 0 Å². The van der Waals surface area contributed by atoms with Gasteiger partial charge in [0.05, 0.1) is 6.10 Å². The molecule has 0 radical (unpaired) electrons. The highest BCUT2D eigenvalue weighted by Gasteiger charge is 2.48. The quantitative estimate of drug-likeness (QED) is 0.308. The molecule has 1 saturated carbocycles. The fraction of sp³-hybridized carbons (Fsp3) is 0.933. The van der Waals surface area contributed by atoms with Crippen LogP contribution < -0.4 is 0 Å². The number of carbonyl (C=O) groups excluding carboxylic acids is 1. The SMILES string of the molecule is CCC(C)(I)C(=O)OCOC1C(C)(C)CCC1(C)C. The Balaban J connectivity index is 2.51. The molecule has 0 bridgehead atoms. The Kier molecular flexibility index (Phi) is 5.33. The van der Waals surface area contributed by atoms with E-state index in [1.165, 1.54) is 0 Å². The number of halogens is 1. The first kappa shape index (κ1) is 17.2. The summed E-state index contributed by atoms with van der Waals surface area (Å²) < 4.78 is 10.7. The smallest absolute Gasteiger partial charge is 0.323 e. The summed E-state index contributed by atoms with van der Waals surface area (Å²) in [4.78, 5) is 11.9. The van der Waals surface area contributed by atoms with E-state index in [0.29, 0.717) is 0 Å². The van der Waals surface area contributed by atoms with Crippen LogP contribution in [0.25, 0.3) is 0 Å². The molecule has 0 amide bonds. The van der Waals surface area contributed by atoms with Crippen molar-refractivity contribution in [3.05, 3.63) is 0 Å². The molecule has 0 aromatic heterocycles. The van der Waals surface area contributed by atoms with E-state index in [1.54, 1.807) is 0 Å². The lowest BCUT2D eigenvalue weighted by Gasteiger charge is -2.35. The van der Waals surface area contributed by atoms with Crippen molar-refractivity contribution in [2.75, 3.05) is 6.79 Å². The Morgan fingerprint density at radius 1 is 1.26 bits per heavy atom. The van der Waals surface area contributed by atoms with Crippen LogP contribution in [-0.2, 0) is 14.3 Å². The van der Waals surface area contributed by atoms with Gasteiger partial charge in [0.15, 0.2) is 6.79 Å². The van der Waals surface area contributed by atoms with E-state index in [-0.39, 0.29) is 29.7 Å². The summed E-state index contributed by atoms with van der Waals surface area (Å²) >= 11 is 2.14. The van der Waals surface area contributed by atoms with E-state index in [4.69, 9.17) is 9.47 Å². The van der Waals surface area contributed by atoms with Crippen LogP contribution in [0.1, 0.15) is 60.8 Å². The molecule has 0 aromatic rings. The van der Waals surface area contributed by atoms with E-state index < -0.39 is 3.42 Å². The summed E-state index contributed by atoms with van der Waals surface area (Å²) in [5.74, 6) is -0.191. The zero-order valence-corrected chi connectivity index (χ0v) is 15.2. The number of hydrogen-bond donors (Lipinski definition) is 0. The third kappa shape index (κ3) is 4.06. The zero-order chi connectivity index (χ0) is 14.9. The van der Waals surface area contributed by atoms with Gasteiger partial charge in [-0.2, -0.15) is 0 Å². The maximum Gasteiger partial charge on any atom is 0.323 e. The number of rotatable bonds is 5. The summed E-state index contributed by atoms with van der Waals surface area (Å²) in [6, 6.07) is 0. The van der Waals surface area contributed by atoms with E-state index in [1.807, 2.05) is 13.8 Å². The molecule has 0 spiro atoms. The molecular formula is C15H27IO3. The average Bonchev–Trinajstić information content (AvgIpc) is 2.51. The van der Waals surface area contributed by atoms with Crippen LogP contribution in [0, 0.1) is 10.8 Å². The van der Waals surface area contributed by atoms with Gasteiger partial charge in [0.2, 0.25) is 0 Å². The van der Waals surface area contributed by atoms with Gasteiger partial charge in [0.25, 0.3) is 0 Å². The van der Waals surface area contributed by atoms with Crippen LogP contribution in [0.5, 0.6) is 0 Å². The minimum Gasteiger partial charge on any atom is -0.437 e. The molecule has 3 nitrogen and oxygen atoms in total. The Labute approximate surface area is 130 Å². The van der Waals surface area contributed by atoms with Crippen LogP contribution in [0.4, 0.5) is 0 Å². The molecule has 1 atom stereocenters. The molecule has 1 aliphatic carbocycles. The predicted molar refractivity (Wildman–Crippen MR) is 85.3 cm³/mol. The Hall–Kier alpha value is 0.160. The van der Waals surface area contributed by atoms with Crippen molar-refractivity contribution >= 4 is 28.6 Å². The lowest BCUT2D eigenvalue weighted by atomic mass is 9.81. The normalized spacial score (nSPS) is 25.0. The highest BCUT2D eigenvalue weighted by Crippen LogP contribution is 2.50. The Morgan fingerprint density at radius 2 is 1.74 bits per heavy atom. The van der Waals surface area contributed by atoms with Crippen LogP contribution >= 0.6 is 22.6 Å². The number of hydrogen-bond acceptors (Lipinski definition) is 3. The Bertz CT molecular complexity index is 318. The van der Waals surface area contributed by atoms with Gasteiger partial charge in [-0.3, -0.25) is 4.79 Å². The molecule has 1 aliphatic rings. The number of esters is 1. The van der Waals surface area contributed by atoms with Crippen molar-refractivity contribution in [1.29, 1.82) is 0 Å². The molecule has 1 rings (SSSR count). The van der Waals surface area contributed by atoms with Gasteiger partial charge >= 0.3 is 5.97 Å². The molecule has 19 heavy (non-hydrogen) atoms. The summed E-state index contributed by atoms with van der Waals surface area (Å²) in [6.07, 6.45) is 3.19. The van der Waals surface area contributed by atoms with Gasteiger partial charge in [-0.05, 0) is 37.0 Å². The third-order valence-corrected chi connectivity index (χ3v) is 5.55. The second-order valence-electron chi connectivity index (χ2n) is 7.12. The fourth-order valence-electron chi connectivity index (χ4n) is 2.87. The Morgan fingerprint density at radius 3 is 2.16 bits per heavy atom. The zero-order valence-electron chi connectivity index (χ0n) is 13.0. The fourth-order valence-corrected chi connectivity index (χ4v) is 3.02. The van der Waals surface area contributed by atoms with Crippen LogP contribution in [0.2, 0.25) is 0 Å². The second-order valence-corrected chi connectivity index (χ2v) is 9.51. The summed E-state index contributed by atoms with van der Waals surface area (Å²) in [5, 5.41) is 0. The molecule has 1 fully saturated rings. The highest BCUT2D eigenvalue weighted by atomic mass is 127. The summed E-state index contributed by atoms with van der Waals surface area (Å²) in [7, 11) is 0.